The third-order valence-corrected chi connectivity index (χ3v) is 6.04. The zero-order valence-corrected chi connectivity index (χ0v) is 15.0. The fraction of sp³-hybridized carbons (Fsp3) is 0.611. The van der Waals surface area contributed by atoms with E-state index < -0.39 is 5.82 Å². The zero-order valence-electron chi connectivity index (χ0n) is 14.2. The van der Waals surface area contributed by atoms with Gasteiger partial charge in [-0.3, -0.25) is 9.69 Å². The predicted molar refractivity (Wildman–Crippen MR) is 91.9 cm³/mol. The first-order chi connectivity index (χ1) is 11.5. The fourth-order valence-electron chi connectivity index (χ4n) is 4.12. The highest BCUT2D eigenvalue weighted by Crippen LogP contribution is 2.40. The maximum absolute atomic E-state index is 13.3. The Balaban J connectivity index is 1.64. The summed E-state index contributed by atoms with van der Waals surface area (Å²) in [6.07, 6.45) is 4.22. The number of hydrogen-bond donors (Lipinski definition) is 0. The van der Waals surface area contributed by atoms with Crippen LogP contribution in [0.1, 0.15) is 36.0 Å². The molecule has 0 bridgehead atoms. The number of halogens is 2. The first-order valence-electron chi connectivity index (χ1n) is 8.43. The number of methoxy groups -OCH3 is 1. The number of carbonyl (C=O) groups is 1. The Morgan fingerprint density at radius 1 is 1.38 bits per heavy atom. The van der Waals surface area contributed by atoms with Gasteiger partial charge in [0.1, 0.15) is 5.82 Å². The summed E-state index contributed by atoms with van der Waals surface area (Å²) in [4.78, 5) is 16.9. The van der Waals surface area contributed by atoms with Gasteiger partial charge >= 0.3 is 0 Å². The van der Waals surface area contributed by atoms with Crippen LogP contribution in [0.4, 0.5) is 4.39 Å². The van der Waals surface area contributed by atoms with Gasteiger partial charge in [-0.1, -0.05) is 11.6 Å². The average Bonchev–Trinajstić information content (AvgIpc) is 2.88. The van der Waals surface area contributed by atoms with Crippen molar-refractivity contribution in [3.05, 3.63) is 34.6 Å². The van der Waals surface area contributed by atoms with Gasteiger partial charge in [-0.25, -0.2) is 4.39 Å². The highest BCUT2D eigenvalue weighted by Gasteiger charge is 2.46. The van der Waals surface area contributed by atoms with Crippen molar-refractivity contribution >= 4 is 17.5 Å². The van der Waals surface area contributed by atoms with Gasteiger partial charge in [0.25, 0.3) is 5.91 Å². The molecule has 4 nitrogen and oxygen atoms in total. The van der Waals surface area contributed by atoms with E-state index in [-0.39, 0.29) is 16.5 Å². The van der Waals surface area contributed by atoms with Gasteiger partial charge in [-0.05, 0) is 50.9 Å². The molecular weight excluding hydrogens is 331 g/mol. The van der Waals surface area contributed by atoms with Crippen molar-refractivity contribution in [3.8, 4) is 0 Å². The van der Waals surface area contributed by atoms with Gasteiger partial charge in [0.05, 0.1) is 11.6 Å². The van der Waals surface area contributed by atoms with Crippen molar-refractivity contribution in [2.24, 2.45) is 0 Å². The molecule has 132 valence electrons. The first-order valence-corrected chi connectivity index (χ1v) is 8.81. The standard InChI is InChI=1S/C18H24ClFN2O2/c1-21-14(12-24-2)5-6-18(21)7-9-22(10-8-18)17(23)13-3-4-16(20)15(19)11-13/h3-4,11,14H,5-10,12H2,1-2H3. The predicted octanol–water partition coefficient (Wildman–Crippen LogP) is 3.19. The number of hydrogen-bond acceptors (Lipinski definition) is 3. The van der Waals surface area contributed by atoms with Crippen molar-refractivity contribution in [2.75, 3.05) is 33.9 Å². The lowest BCUT2D eigenvalue weighted by molar-refractivity contribution is 0.0273. The molecular formula is C18H24ClFN2O2. The Hall–Kier alpha value is -1.17. The third kappa shape index (κ3) is 3.17. The Morgan fingerprint density at radius 2 is 2.08 bits per heavy atom. The van der Waals surface area contributed by atoms with Crippen LogP contribution in [0.15, 0.2) is 18.2 Å². The molecule has 2 aliphatic rings. The molecule has 6 heteroatoms. The molecule has 2 aliphatic heterocycles. The molecule has 0 aliphatic carbocycles. The fourth-order valence-corrected chi connectivity index (χ4v) is 4.30. The molecule has 2 saturated heterocycles. The number of likely N-dealkylation sites (tertiary alicyclic amines) is 2. The molecule has 0 radical (unpaired) electrons. The summed E-state index contributed by atoms with van der Waals surface area (Å²) >= 11 is 5.80. The minimum atomic E-state index is -0.498. The van der Waals surface area contributed by atoms with E-state index in [1.54, 1.807) is 7.11 Å². The lowest BCUT2D eigenvalue weighted by Crippen LogP contribution is -2.54. The molecule has 0 aromatic heterocycles. The van der Waals surface area contributed by atoms with Gasteiger partial charge < -0.3 is 9.64 Å². The van der Waals surface area contributed by atoms with Crippen LogP contribution in [0.25, 0.3) is 0 Å². The van der Waals surface area contributed by atoms with E-state index in [4.69, 9.17) is 16.3 Å². The van der Waals surface area contributed by atoms with E-state index in [0.29, 0.717) is 11.6 Å². The summed E-state index contributed by atoms with van der Waals surface area (Å²) in [7, 11) is 3.92. The molecule has 24 heavy (non-hydrogen) atoms. The van der Waals surface area contributed by atoms with Crippen LogP contribution < -0.4 is 0 Å². The smallest absolute Gasteiger partial charge is 0.253 e. The van der Waals surface area contributed by atoms with Crippen LogP contribution in [0.3, 0.4) is 0 Å². The van der Waals surface area contributed by atoms with E-state index in [1.165, 1.54) is 18.2 Å². The Kier molecular flexibility index (Phi) is 5.13. The number of nitrogens with zero attached hydrogens (tertiary/aromatic N) is 2. The Morgan fingerprint density at radius 3 is 2.71 bits per heavy atom. The number of piperidine rings is 1. The van der Waals surface area contributed by atoms with Crippen molar-refractivity contribution in [3.63, 3.8) is 0 Å². The van der Waals surface area contributed by atoms with Crippen molar-refractivity contribution < 1.29 is 13.9 Å². The molecule has 1 aromatic carbocycles. The van der Waals surface area contributed by atoms with Crippen LogP contribution in [0.2, 0.25) is 5.02 Å². The van der Waals surface area contributed by atoms with Crippen molar-refractivity contribution in [1.82, 2.24) is 9.80 Å². The molecule has 0 N–H and O–H groups in total. The number of rotatable bonds is 3. The normalized spacial score (nSPS) is 23.8. The van der Waals surface area contributed by atoms with Crippen LogP contribution in [0, 0.1) is 5.82 Å². The minimum absolute atomic E-state index is 0.00716. The maximum Gasteiger partial charge on any atom is 0.253 e. The van der Waals surface area contributed by atoms with E-state index in [9.17, 15) is 9.18 Å². The Bertz CT molecular complexity index is 617. The highest BCUT2D eigenvalue weighted by molar-refractivity contribution is 6.31. The summed E-state index contributed by atoms with van der Waals surface area (Å²) < 4.78 is 18.6. The molecule has 1 atom stereocenters. The molecule has 3 rings (SSSR count). The second-order valence-corrected chi connectivity index (χ2v) is 7.31. The summed E-state index contributed by atoms with van der Waals surface area (Å²) in [6, 6.07) is 4.64. The lowest BCUT2D eigenvalue weighted by Gasteiger charge is -2.45. The molecule has 1 amide bonds. The number of carbonyl (C=O) groups excluding carboxylic acids is 1. The number of benzene rings is 1. The second kappa shape index (κ2) is 6.98. The minimum Gasteiger partial charge on any atom is -0.383 e. The monoisotopic (exact) mass is 354 g/mol. The van der Waals surface area contributed by atoms with Crippen LogP contribution >= 0.6 is 11.6 Å². The molecule has 1 spiro atoms. The topological polar surface area (TPSA) is 32.8 Å². The van der Waals surface area contributed by atoms with E-state index in [0.717, 1.165) is 45.4 Å². The summed E-state index contributed by atoms with van der Waals surface area (Å²) in [5, 5.41) is -0.00716. The number of likely N-dealkylation sites (N-methyl/N-ethyl adjacent to an activating group) is 1. The average molecular weight is 355 g/mol. The van der Waals surface area contributed by atoms with Crippen LogP contribution in [-0.4, -0.2) is 61.1 Å². The molecule has 0 saturated carbocycles. The summed E-state index contributed by atoms with van der Waals surface area (Å²) in [5.74, 6) is -0.566. The molecule has 1 aromatic rings. The van der Waals surface area contributed by atoms with Gasteiger partial charge in [0, 0.05) is 37.3 Å². The van der Waals surface area contributed by atoms with Gasteiger partial charge in [0.2, 0.25) is 0 Å². The lowest BCUT2D eigenvalue weighted by atomic mass is 9.85. The van der Waals surface area contributed by atoms with E-state index >= 15 is 0 Å². The highest BCUT2D eigenvalue weighted by atomic mass is 35.5. The van der Waals surface area contributed by atoms with E-state index in [2.05, 4.69) is 11.9 Å². The van der Waals surface area contributed by atoms with Crippen molar-refractivity contribution in [2.45, 2.75) is 37.3 Å². The maximum atomic E-state index is 13.3. The largest absolute Gasteiger partial charge is 0.383 e. The molecule has 2 fully saturated rings. The zero-order chi connectivity index (χ0) is 17.3. The SMILES string of the molecule is COCC1CCC2(CCN(C(=O)c3ccc(F)c(Cl)c3)CC2)N1C. The Labute approximate surface area is 147 Å². The van der Waals surface area contributed by atoms with Crippen LogP contribution in [0.5, 0.6) is 0 Å². The summed E-state index contributed by atoms with van der Waals surface area (Å²) in [6.45, 7) is 2.20. The quantitative estimate of drug-likeness (QED) is 0.835. The first kappa shape index (κ1) is 17.6. The molecule has 2 heterocycles. The van der Waals surface area contributed by atoms with Crippen molar-refractivity contribution in [1.29, 1.82) is 0 Å². The molecule has 1 unspecified atom stereocenters. The third-order valence-electron chi connectivity index (χ3n) is 5.75. The van der Waals surface area contributed by atoms with Gasteiger partial charge in [0.15, 0.2) is 0 Å². The van der Waals surface area contributed by atoms with Gasteiger partial charge in [-0.15, -0.1) is 0 Å². The van der Waals surface area contributed by atoms with E-state index in [1.807, 2.05) is 4.90 Å². The van der Waals surface area contributed by atoms with Gasteiger partial charge in [-0.2, -0.15) is 0 Å². The number of amides is 1. The second-order valence-electron chi connectivity index (χ2n) is 6.90. The summed E-state index contributed by atoms with van der Waals surface area (Å²) in [5.41, 5.74) is 0.634. The number of ether oxygens (including phenoxy) is 1. The van der Waals surface area contributed by atoms with Crippen LogP contribution in [-0.2, 0) is 4.74 Å².